The van der Waals surface area contributed by atoms with Crippen LogP contribution in [-0.2, 0) is 6.18 Å². The van der Waals surface area contributed by atoms with Crippen molar-refractivity contribution in [2.75, 3.05) is 23.4 Å². The molecule has 0 fully saturated rings. The van der Waals surface area contributed by atoms with Gasteiger partial charge in [0.05, 0.1) is 5.56 Å². The first-order chi connectivity index (χ1) is 8.05. The molecule has 0 unspecified atom stereocenters. The maximum absolute atomic E-state index is 12.6. The monoisotopic (exact) mass is 261 g/mol. The second-order valence-corrected chi connectivity index (χ2v) is 4.48. The fraction of sp³-hybridized carbons (Fsp3) is 0.333. The molecule has 0 amide bonds. The smallest absolute Gasteiger partial charge is 0.384 e. The van der Waals surface area contributed by atoms with Crippen molar-refractivity contribution in [3.63, 3.8) is 0 Å². The first-order valence-corrected chi connectivity index (χ1v) is 6.30. The number of alkyl halides is 3. The third-order valence-corrected chi connectivity index (χ3v) is 2.99. The molecule has 17 heavy (non-hydrogen) atoms. The highest BCUT2D eigenvalue weighted by Gasteiger charge is 2.32. The van der Waals surface area contributed by atoms with Crippen molar-refractivity contribution < 1.29 is 13.2 Å². The average Bonchev–Trinajstić information content (AvgIpc) is 2.28. The van der Waals surface area contributed by atoms with Crippen LogP contribution in [0.15, 0.2) is 36.9 Å². The fourth-order valence-corrected chi connectivity index (χ4v) is 1.89. The minimum atomic E-state index is -4.31. The highest BCUT2D eigenvalue weighted by Crippen LogP contribution is 2.34. The molecule has 0 aliphatic rings. The first kappa shape index (κ1) is 14.0. The van der Waals surface area contributed by atoms with Gasteiger partial charge in [-0.2, -0.15) is 24.9 Å². The van der Waals surface area contributed by atoms with Crippen molar-refractivity contribution in [2.45, 2.75) is 6.18 Å². The third-order valence-electron chi connectivity index (χ3n) is 2.03. The lowest BCUT2D eigenvalue weighted by Gasteiger charge is -2.13. The van der Waals surface area contributed by atoms with E-state index in [9.17, 15) is 13.2 Å². The summed E-state index contributed by atoms with van der Waals surface area (Å²) in [6.45, 7) is 4.08. The molecule has 0 heterocycles. The van der Waals surface area contributed by atoms with E-state index in [1.807, 2.05) is 0 Å². The topological polar surface area (TPSA) is 12.0 Å². The second kappa shape index (κ2) is 6.59. The summed E-state index contributed by atoms with van der Waals surface area (Å²) in [5.41, 5.74) is -0.479. The Morgan fingerprint density at radius 3 is 2.65 bits per heavy atom. The molecule has 94 valence electrons. The van der Waals surface area contributed by atoms with Crippen LogP contribution in [0.25, 0.3) is 0 Å². The zero-order valence-electron chi connectivity index (χ0n) is 9.26. The van der Waals surface area contributed by atoms with Gasteiger partial charge in [0, 0.05) is 23.7 Å². The van der Waals surface area contributed by atoms with Gasteiger partial charge in [0.15, 0.2) is 0 Å². The zero-order valence-corrected chi connectivity index (χ0v) is 10.1. The van der Waals surface area contributed by atoms with Crippen LogP contribution in [0.1, 0.15) is 5.56 Å². The highest BCUT2D eigenvalue weighted by atomic mass is 32.2. The molecule has 0 spiro atoms. The molecular weight excluding hydrogens is 247 g/mol. The number of nitrogens with one attached hydrogen (secondary N) is 1. The van der Waals surface area contributed by atoms with Gasteiger partial charge in [0.1, 0.15) is 0 Å². The SMILES string of the molecule is C=CCSCCNc1ccccc1C(F)(F)F. The lowest BCUT2D eigenvalue weighted by Crippen LogP contribution is -2.12. The minimum absolute atomic E-state index is 0.138. The number of hydrogen-bond acceptors (Lipinski definition) is 2. The third kappa shape index (κ3) is 4.73. The largest absolute Gasteiger partial charge is 0.418 e. The molecule has 1 N–H and O–H groups in total. The molecule has 1 rings (SSSR count). The molecule has 0 atom stereocenters. The molecule has 0 radical (unpaired) electrons. The van der Waals surface area contributed by atoms with E-state index in [0.29, 0.717) is 6.54 Å². The van der Waals surface area contributed by atoms with E-state index < -0.39 is 11.7 Å². The number of benzene rings is 1. The van der Waals surface area contributed by atoms with Gasteiger partial charge < -0.3 is 5.32 Å². The van der Waals surface area contributed by atoms with Gasteiger partial charge >= 0.3 is 6.18 Å². The van der Waals surface area contributed by atoms with Gasteiger partial charge in [-0.15, -0.1) is 6.58 Å². The highest BCUT2D eigenvalue weighted by molar-refractivity contribution is 7.99. The number of hydrogen-bond donors (Lipinski definition) is 1. The van der Waals surface area contributed by atoms with Gasteiger partial charge in [0.25, 0.3) is 0 Å². The van der Waals surface area contributed by atoms with Gasteiger partial charge in [-0.05, 0) is 12.1 Å². The summed E-state index contributed by atoms with van der Waals surface area (Å²) >= 11 is 1.62. The van der Waals surface area contributed by atoms with E-state index in [2.05, 4.69) is 11.9 Å². The van der Waals surface area contributed by atoms with E-state index in [1.165, 1.54) is 12.1 Å². The summed E-state index contributed by atoms with van der Waals surface area (Å²) in [6, 6.07) is 5.51. The number of rotatable bonds is 6. The first-order valence-electron chi connectivity index (χ1n) is 5.14. The van der Waals surface area contributed by atoms with Gasteiger partial charge in [-0.3, -0.25) is 0 Å². The Balaban J connectivity index is 2.56. The molecule has 1 aromatic rings. The fourth-order valence-electron chi connectivity index (χ4n) is 1.31. The van der Waals surface area contributed by atoms with Crippen LogP contribution in [0.2, 0.25) is 0 Å². The molecule has 0 bridgehead atoms. The van der Waals surface area contributed by atoms with Crippen molar-refractivity contribution in [3.05, 3.63) is 42.5 Å². The van der Waals surface area contributed by atoms with E-state index in [-0.39, 0.29) is 5.69 Å². The molecule has 0 aliphatic carbocycles. The van der Waals surface area contributed by atoms with Crippen LogP contribution in [0, 0.1) is 0 Å². The van der Waals surface area contributed by atoms with Crippen LogP contribution in [-0.4, -0.2) is 18.1 Å². The quantitative estimate of drug-likeness (QED) is 0.612. The van der Waals surface area contributed by atoms with Crippen LogP contribution in [0.4, 0.5) is 18.9 Å². The van der Waals surface area contributed by atoms with Crippen molar-refractivity contribution in [1.29, 1.82) is 0 Å². The molecule has 0 saturated carbocycles. The number of para-hydroxylation sites is 1. The van der Waals surface area contributed by atoms with Crippen LogP contribution < -0.4 is 5.32 Å². The van der Waals surface area contributed by atoms with Crippen molar-refractivity contribution in [2.24, 2.45) is 0 Å². The van der Waals surface area contributed by atoms with E-state index in [1.54, 1.807) is 23.9 Å². The number of halogens is 3. The molecule has 1 nitrogen and oxygen atoms in total. The maximum atomic E-state index is 12.6. The molecular formula is C12H14F3NS. The minimum Gasteiger partial charge on any atom is -0.384 e. The zero-order chi connectivity index (χ0) is 12.7. The van der Waals surface area contributed by atoms with Crippen LogP contribution in [0.3, 0.4) is 0 Å². The maximum Gasteiger partial charge on any atom is 0.418 e. The molecule has 0 aromatic heterocycles. The Kier molecular flexibility index (Phi) is 5.41. The second-order valence-electron chi connectivity index (χ2n) is 3.33. The van der Waals surface area contributed by atoms with E-state index in [0.717, 1.165) is 17.6 Å². The standard InChI is InChI=1S/C12H14F3NS/c1-2-8-17-9-7-16-11-6-4-3-5-10(11)12(13,14)15/h2-6,16H,1,7-9H2. The summed E-state index contributed by atoms with van der Waals surface area (Å²) in [7, 11) is 0. The normalized spacial score (nSPS) is 11.2. The Hall–Kier alpha value is -1.10. The molecule has 5 heteroatoms. The summed E-state index contributed by atoms with van der Waals surface area (Å²) < 4.78 is 37.9. The number of anilines is 1. The molecule has 0 saturated heterocycles. The van der Waals surface area contributed by atoms with Gasteiger partial charge in [-0.1, -0.05) is 18.2 Å². The lowest BCUT2D eigenvalue weighted by molar-refractivity contribution is -0.136. The van der Waals surface area contributed by atoms with Crippen molar-refractivity contribution in [3.8, 4) is 0 Å². The molecule has 1 aromatic carbocycles. The van der Waals surface area contributed by atoms with Crippen LogP contribution >= 0.6 is 11.8 Å². The Labute approximate surface area is 103 Å². The Morgan fingerprint density at radius 2 is 2.00 bits per heavy atom. The molecule has 0 aliphatic heterocycles. The van der Waals surface area contributed by atoms with Crippen molar-refractivity contribution >= 4 is 17.4 Å². The number of thioether (sulfide) groups is 1. The summed E-state index contributed by atoms with van der Waals surface area (Å²) in [5, 5.41) is 2.80. The Bertz CT molecular complexity index is 363. The summed E-state index contributed by atoms with van der Waals surface area (Å²) in [5.74, 6) is 1.56. The predicted octanol–water partition coefficient (Wildman–Crippen LogP) is 4.04. The van der Waals surface area contributed by atoms with Crippen molar-refractivity contribution in [1.82, 2.24) is 0 Å². The average molecular weight is 261 g/mol. The van der Waals surface area contributed by atoms with E-state index in [4.69, 9.17) is 0 Å². The summed E-state index contributed by atoms with van der Waals surface area (Å²) in [4.78, 5) is 0. The Morgan fingerprint density at radius 1 is 1.29 bits per heavy atom. The van der Waals surface area contributed by atoms with Crippen LogP contribution in [0.5, 0.6) is 0 Å². The lowest BCUT2D eigenvalue weighted by atomic mass is 10.1. The predicted molar refractivity (Wildman–Crippen MR) is 67.5 cm³/mol. The van der Waals surface area contributed by atoms with Gasteiger partial charge in [0.2, 0.25) is 0 Å². The summed E-state index contributed by atoms with van der Waals surface area (Å²) in [6.07, 6.45) is -2.54. The van der Waals surface area contributed by atoms with E-state index >= 15 is 0 Å². The van der Waals surface area contributed by atoms with Gasteiger partial charge in [-0.25, -0.2) is 0 Å².